The smallest absolute Gasteiger partial charge is 0.256 e. The van der Waals surface area contributed by atoms with Gasteiger partial charge in [0.2, 0.25) is 0 Å². The van der Waals surface area contributed by atoms with Gasteiger partial charge in [-0.15, -0.1) is 0 Å². The van der Waals surface area contributed by atoms with Crippen molar-refractivity contribution in [3.63, 3.8) is 0 Å². The molecule has 122 valence electrons. The maximum absolute atomic E-state index is 13.7. The van der Waals surface area contributed by atoms with Gasteiger partial charge in [-0.2, -0.15) is 0 Å². The zero-order valence-electron chi connectivity index (χ0n) is 13.2. The minimum Gasteiger partial charge on any atom is -0.336 e. The molecule has 1 aliphatic rings. The molecular formula is C17H24F2N2O. The Morgan fingerprint density at radius 3 is 2.45 bits per heavy atom. The fourth-order valence-corrected chi connectivity index (χ4v) is 2.77. The Morgan fingerprint density at radius 1 is 1.09 bits per heavy atom. The molecule has 1 aromatic rings. The molecule has 1 aromatic carbocycles. The number of benzene rings is 1. The van der Waals surface area contributed by atoms with E-state index in [9.17, 15) is 13.6 Å². The normalized spacial score (nSPS) is 16.0. The molecule has 1 heterocycles. The van der Waals surface area contributed by atoms with E-state index in [1.54, 1.807) is 4.90 Å². The van der Waals surface area contributed by atoms with E-state index in [1.165, 1.54) is 31.7 Å². The van der Waals surface area contributed by atoms with Crippen LogP contribution in [0.4, 0.5) is 8.78 Å². The molecule has 0 saturated carbocycles. The summed E-state index contributed by atoms with van der Waals surface area (Å²) in [6.45, 7) is 6.10. The first-order valence-electron chi connectivity index (χ1n) is 8.08. The molecule has 3 nitrogen and oxygen atoms in total. The summed E-state index contributed by atoms with van der Waals surface area (Å²) in [5.41, 5.74) is -0.0437. The molecule has 1 amide bonds. The summed E-state index contributed by atoms with van der Waals surface area (Å²) in [7, 11) is 0. The zero-order chi connectivity index (χ0) is 15.9. The summed E-state index contributed by atoms with van der Waals surface area (Å²) in [6, 6.07) is 3.11. The van der Waals surface area contributed by atoms with Crippen LogP contribution in [0.2, 0.25) is 0 Å². The van der Waals surface area contributed by atoms with Gasteiger partial charge in [-0.1, -0.05) is 26.2 Å². The molecular weight excluding hydrogens is 286 g/mol. The first-order valence-corrected chi connectivity index (χ1v) is 8.08. The molecule has 22 heavy (non-hydrogen) atoms. The summed E-state index contributed by atoms with van der Waals surface area (Å²) in [5, 5.41) is 0. The lowest BCUT2D eigenvalue weighted by molar-refractivity contribution is 0.0630. The second-order valence-electron chi connectivity index (χ2n) is 5.82. The number of halogens is 2. The molecule has 0 radical (unpaired) electrons. The van der Waals surface area contributed by atoms with Crippen LogP contribution in [-0.4, -0.2) is 48.4 Å². The summed E-state index contributed by atoms with van der Waals surface area (Å²) in [6.07, 6.45) is 4.93. The summed E-state index contributed by atoms with van der Waals surface area (Å²) >= 11 is 0. The highest BCUT2D eigenvalue weighted by atomic mass is 19.1. The lowest BCUT2D eigenvalue weighted by Gasteiger charge is -2.34. The number of nitrogens with zero attached hydrogens (tertiary/aromatic N) is 2. The predicted octanol–water partition coefficient (Wildman–Crippen LogP) is 3.30. The van der Waals surface area contributed by atoms with Crippen LogP contribution in [-0.2, 0) is 0 Å². The number of carbonyl (C=O) groups excluding carboxylic acids is 1. The number of hydrogen-bond acceptors (Lipinski definition) is 2. The number of piperazine rings is 1. The standard InChI is InChI=1S/C17H24F2N2O/c1-2-3-4-5-8-20-9-11-21(12-10-20)17(22)15-7-6-14(18)13-16(15)19/h6-7,13H,2-5,8-12H2,1H3. The largest absolute Gasteiger partial charge is 0.336 e. The Labute approximate surface area is 130 Å². The van der Waals surface area contributed by atoms with E-state index < -0.39 is 11.6 Å². The molecule has 0 aromatic heterocycles. The third-order valence-corrected chi connectivity index (χ3v) is 4.15. The van der Waals surface area contributed by atoms with Gasteiger partial charge in [0.25, 0.3) is 5.91 Å². The minimum absolute atomic E-state index is 0.0437. The summed E-state index contributed by atoms with van der Waals surface area (Å²) in [4.78, 5) is 16.3. The van der Waals surface area contributed by atoms with Crippen molar-refractivity contribution in [1.82, 2.24) is 9.80 Å². The second kappa shape index (κ2) is 8.22. The zero-order valence-corrected chi connectivity index (χ0v) is 13.2. The Kier molecular flexibility index (Phi) is 6.31. The molecule has 2 rings (SSSR count). The van der Waals surface area contributed by atoms with E-state index in [-0.39, 0.29) is 11.5 Å². The van der Waals surface area contributed by atoms with Crippen LogP contribution in [0, 0.1) is 11.6 Å². The SMILES string of the molecule is CCCCCCN1CCN(C(=O)c2ccc(F)cc2F)CC1. The van der Waals surface area contributed by atoms with Crippen LogP contribution in [0.5, 0.6) is 0 Å². The highest BCUT2D eigenvalue weighted by molar-refractivity contribution is 5.94. The highest BCUT2D eigenvalue weighted by Gasteiger charge is 2.23. The van der Waals surface area contributed by atoms with Crippen molar-refractivity contribution < 1.29 is 13.6 Å². The molecule has 0 bridgehead atoms. The molecule has 0 unspecified atom stereocenters. The third-order valence-electron chi connectivity index (χ3n) is 4.15. The second-order valence-corrected chi connectivity index (χ2v) is 5.82. The molecule has 0 spiro atoms. The van der Waals surface area contributed by atoms with Gasteiger partial charge < -0.3 is 4.90 Å². The van der Waals surface area contributed by atoms with Gasteiger partial charge >= 0.3 is 0 Å². The highest BCUT2D eigenvalue weighted by Crippen LogP contribution is 2.14. The molecule has 1 aliphatic heterocycles. The average Bonchev–Trinajstić information content (AvgIpc) is 2.52. The predicted molar refractivity (Wildman–Crippen MR) is 82.8 cm³/mol. The number of hydrogen-bond donors (Lipinski definition) is 0. The van der Waals surface area contributed by atoms with Crippen LogP contribution < -0.4 is 0 Å². The van der Waals surface area contributed by atoms with Crippen molar-refractivity contribution >= 4 is 5.91 Å². The molecule has 0 aliphatic carbocycles. The Morgan fingerprint density at radius 2 is 1.82 bits per heavy atom. The fourth-order valence-electron chi connectivity index (χ4n) is 2.77. The molecule has 0 N–H and O–H groups in total. The van der Waals surface area contributed by atoms with E-state index >= 15 is 0 Å². The van der Waals surface area contributed by atoms with Gasteiger partial charge in [-0.05, 0) is 25.1 Å². The maximum Gasteiger partial charge on any atom is 0.256 e. The molecule has 5 heteroatoms. The number of rotatable bonds is 6. The summed E-state index contributed by atoms with van der Waals surface area (Å²) < 4.78 is 26.6. The van der Waals surface area contributed by atoms with Crippen molar-refractivity contribution in [2.75, 3.05) is 32.7 Å². The van der Waals surface area contributed by atoms with Crippen LogP contribution in [0.25, 0.3) is 0 Å². The van der Waals surface area contributed by atoms with Gasteiger partial charge in [0.1, 0.15) is 11.6 Å². The number of carbonyl (C=O) groups is 1. The van der Waals surface area contributed by atoms with Gasteiger partial charge in [0.15, 0.2) is 0 Å². The van der Waals surface area contributed by atoms with Crippen molar-refractivity contribution in [3.8, 4) is 0 Å². The third kappa shape index (κ3) is 4.50. The van der Waals surface area contributed by atoms with Gasteiger partial charge in [0, 0.05) is 32.2 Å². The topological polar surface area (TPSA) is 23.6 Å². The van der Waals surface area contributed by atoms with E-state index in [2.05, 4.69) is 11.8 Å². The molecule has 1 saturated heterocycles. The van der Waals surface area contributed by atoms with Crippen molar-refractivity contribution in [3.05, 3.63) is 35.4 Å². The van der Waals surface area contributed by atoms with Crippen LogP contribution in [0.15, 0.2) is 18.2 Å². The fraction of sp³-hybridized carbons (Fsp3) is 0.588. The lowest BCUT2D eigenvalue weighted by Crippen LogP contribution is -2.49. The average molecular weight is 310 g/mol. The van der Waals surface area contributed by atoms with Gasteiger partial charge in [-0.3, -0.25) is 9.69 Å². The van der Waals surface area contributed by atoms with E-state index in [4.69, 9.17) is 0 Å². The molecule has 1 fully saturated rings. The van der Waals surface area contributed by atoms with Crippen LogP contribution >= 0.6 is 0 Å². The van der Waals surface area contributed by atoms with Crippen LogP contribution in [0.3, 0.4) is 0 Å². The van der Waals surface area contributed by atoms with E-state index in [0.717, 1.165) is 31.8 Å². The van der Waals surface area contributed by atoms with Gasteiger partial charge in [0.05, 0.1) is 5.56 Å². The van der Waals surface area contributed by atoms with Gasteiger partial charge in [-0.25, -0.2) is 8.78 Å². The number of amides is 1. The van der Waals surface area contributed by atoms with E-state index in [1.807, 2.05) is 0 Å². The Balaban J connectivity index is 1.82. The van der Waals surface area contributed by atoms with Crippen molar-refractivity contribution in [1.29, 1.82) is 0 Å². The summed E-state index contributed by atoms with van der Waals surface area (Å²) in [5.74, 6) is -1.79. The quantitative estimate of drug-likeness (QED) is 0.753. The maximum atomic E-state index is 13.7. The lowest BCUT2D eigenvalue weighted by atomic mass is 10.1. The van der Waals surface area contributed by atoms with Crippen LogP contribution in [0.1, 0.15) is 43.0 Å². The number of unbranched alkanes of at least 4 members (excludes halogenated alkanes) is 3. The first-order chi connectivity index (χ1) is 10.6. The van der Waals surface area contributed by atoms with Crippen molar-refractivity contribution in [2.24, 2.45) is 0 Å². The first kappa shape index (κ1) is 16.9. The molecule has 0 atom stereocenters. The Bertz CT molecular complexity index is 499. The Hall–Kier alpha value is -1.49. The van der Waals surface area contributed by atoms with E-state index in [0.29, 0.717) is 13.1 Å². The minimum atomic E-state index is -0.785. The van der Waals surface area contributed by atoms with Crippen molar-refractivity contribution in [2.45, 2.75) is 32.6 Å². The monoisotopic (exact) mass is 310 g/mol.